The Labute approximate surface area is 156 Å². The Bertz CT molecular complexity index is 1110. The third kappa shape index (κ3) is 2.52. The lowest BCUT2D eigenvalue weighted by molar-refractivity contribution is 0.0772. The number of nitrogens with one attached hydrogen (secondary N) is 1. The third-order valence-corrected chi connectivity index (χ3v) is 5.21. The van der Waals surface area contributed by atoms with E-state index in [-0.39, 0.29) is 11.8 Å². The van der Waals surface area contributed by atoms with Gasteiger partial charge in [0.05, 0.1) is 23.0 Å². The zero-order valence-corrected chi connectivity index (χ0v) is 14.7. The van der Waals surface area contributed by atoms with Crippen molar-refractivity contribution in [2.24, 2.45) is 0 Å². The monoisotopic (exact) mass is 358 g/mol. The molecule has 2 amide bonds. The van der Waals surface area contributed by atoms with Gasteiger partial charge in [-0.25, -0.2) is 4.52 Å². The van der Waals surface area contributed by atoms with Gasteiger partial charge in [0, 0.05) is 30.8 Å². The average molecular weight is 358 g/mol. The normalized spacial score (nSPS) is 15.9. The number of rotatable bonds is 2. The summed E-state index contributed by atoms with van der Waals surface area (Å²) in [6.45, 7) is 1.94. The van der Waals surface area contributed by atoms with Crippen molar-refractivity contribution in [3.63, 3.8) is 0 Å². The molecule has 6 heteroatoms. The largest absolute Gasteiger partial charge is 0.348 e. The molecular weight excluding hydrogens is 340 g/mol. The molecule has 27 heavy (non-hydrogen) atoms. The molecule has 1 N–H and O–H groups in total. The smallest absolute Gasteiger partial charge is 0.257 e. The van der Waals surface area contributed by atoms with E-state index < -0.39 is 0 Å². The fraction of sp³-hybridized carbons (Fsp3) is 0.190. The summed E-state index contributed by atoms with van der Waals surface area (Å²) in [5.74, 6) is -0.0478. The maximum absolute atomic E-state index is 12.9. The van der Waals surface area contributed by atoms with Crippen LogP contribution in [0.2, 0.25) is 0 Å². The van der Waals surface area contributed by atoms with Gasteiger partial charge >= 0.3 is 0 Å². The number of hydrogen-bond donors (Lipinski definition) is 1. The number of benzene rings is 1. The molecule has 0 atom stereocenters. The molecule has 5 rings (SSSR count). The van der Waals surface area contributed by atoms with Crippen molar-refractivity contribution in [3.8, 4) is 11.3 Å². The van der Waals surface area contributed by atoms with Crippen LogP contribution in [-0.4, -0.2) is 39.4 Å². The van der Waals surface area contributed by atoms with Gasteiger partial charge in [-0.1, -0.05) is 30.4 Å². The van der Waals surface area contributed by atoms with E-state index in [2.05, 4.69) is 16.5 Å². The highest BCUT2D eigenvalue weighted by molar-refractivity contribution is 6.01. The predicted octanol–water partition coefficient (Wildman–Crippen LogP) is 2.65. The van der Waals surface area contributed by atoms with Crippen molar-refractivity contribution in [2.75, 3.05) is 13.1 Å². The van der Waals surface area contributed by atoms with Crippen LogP contribution in [0.4, 0.5) is 0 Å². The third-order valence-electron chi connectivity index (χ3n) is 5.21. The highest BCUT2D eigenvalue weighted by Crippen LogP contribution is 2.27. The summed E-state index contributed by atoms with van der Waals surface area (Å²) >= 11 is 0. The maximum atomic E-state index is 12.9. The van der Waals surface area contributed by atoms with E-state index in [4.69, 9.17) is 0 Å². The average Bonchev–Trinajstić information content (AvgIpc) is 3.31. The van der Waals surface area contributed by atoms with Gasteiger partial charge in [0.25, 0.3) is 11.8 Å². The Hall–Kier alpha value is -3.41. The van der Waals surface area contributed by atoms with E-state index in [1.165, 1.54) is 0 Å². The van der Waals surface area contributed by atoms with Gasteiger partial charge < -0.3 is 10.2 Å². The summed E-state index contributed by atoms with van der Waals surface area (Å²) in [5.41, 5.74) is 4.84. The summed E-state index contributed by atoms with van der Waals surface area (Å²) in [5, 5.41) is 7.31. The van der Waals surface area contributed by atoms with E-state index in [1.54, 1.807) is 10.7 Å². The first-order valence-electron chi connectivity index (χ1n) is 9.05. The molecular formula is C21H18N4O2. The highest BCUT2D eigenvalue weighted by Gasteiger charge is 2.22. The molecule has 0 bridgehead atoms. The molecule has 6 nitrogen and oxygen atoms in total. The van der Waals surface area contributed by atoms with Crippen molar-refractivity contribution in [2.45, 2.75) is 13.0 Å². The first kappa shape index (κ1) is 15.8. The Balaban J connectivity index is 1.58. The van der Waals surface area contributed by atoms with Crippen molar-refractivity contribution in [1.82, 2.24) is 19.8 Å². The lowest BCUT2D eigenvalue weighted by Crippen LogP contribution is -2.33. The molecule has 2 aliphatic heterocycles. The zero-order chi connectivity index (χ0) is 18.4. The van der Waals surface area contributed by atoms with Crippen molar-refractivity contribution in [3.05, 3.63) is 71.4 Å². The lowest BCUT2D eigenvalue weighted by atomic mass is 10.0. The number of nitrogens with zero attached hydrogens (tertiary/aromatic N) is 3. The predicted molar refractivity (Wildman–Crippen MR) is 101 cm³/mol. The van der Waals surface area contributed by atoms with Crippen LogP contribution in [0, 0.1) is 0 Å². The van der Waals surface area contributed by atoms with Gasteiger partial charge in [-0.3, -0.25) is 9.59 Å². The molecule has 2 aliphatic rings. The van der Waals surface area contributed by atoms with Gasteiger partial charge in [-0.2, -0.15) is 5.10 Å². The van der Waals surface area contributed by atoms with E-state index in [0.717, 1.165) is 35.3 Å². The fourth-order valence-electron chi connectivity index (χ4n) is 3.76. The fourth-order valence-corrected chi connectivity index (χ4v) is 3.76. The minimum atomic E-state index is -0.0477. The molecule has 4 heterocycles. The quantitative estimate of drug-likeness (QED) is 0.716. The second kappa shape index (κ2) is 6.09. The van der Waals surface area contributed by atoms with Crippen LogP contribution in [-0.2, 0) is 6.54 Å². The molecule has 0 fully saturated rings. The van der Waals surface area contributed by atoms with Crippen LogP contribution in [0.1, 0.15) is 32.7 Å². The SMILES string of the molecule is O=C1NCc2ccc(-c3cccc4c(C(=O)N5CC=CCC5)cnn34)cc21. The first-order valence-corrected chi connectivity index (χ1v) is 9.05. The van der Waals surface area contributed by atoms with Crippen LogP contribution in [0.5, 0.6) is 0 Å². The number of pyridine rings is 1. The Morgan fingerprint density at radius 2 is 2.07 bits per heavy atom. The Kier molecular flexibility index (Phi) is 3.57. The second-order valence-electron chi connectivity index (χ2n) is 6.83. The van der Waals surface area contributed by atoms with Crippen LogP contribution < -0.4 is 5.32 Å². The van der Waals surface area contributed by atoms with E-state index in [9.17, 15) is 9.59 Å². The minimum Gasteiger partial charge on any atom is -0.348 e. The number of aromatic nitrogens is 2. The van der Waals surface area contributed by atoms with Crippen LogP contribution in [0.25, 0.3) is 16.8 Å². The Morgan fingerprint density at radius 3 is 2.93 bits per heavy atom. The molecule has 0 unspecified atom stereocenters. The van der Waals surface area contributed by atoms with Gasteiger partial charge in [-0.15, -0.1) is 0 Å². The molecule has 3 aromatic rings. The molecule has 0 spiro atoms. The minimum absolute atomic E-state index is 0.000156. The zero-order valence-electron chi connectivity index (χ0n) is 14.7. The molecule has 0 radical (unpaired) electrons. The Morgan fingerprint density at radius 1 is 1.15 bits per heavy atom. The molecule has 2 aromatic heterocycles. The summed E-state index contributed by atoms with van der Waals surface area (Å²) in [4.78, 5) is 26.7. The van der Waals surface area contributed by atoms with Crippen molar-refractivity contribution in [1.29, 1.82) is 0 Å². The number of fused-ring (bicyclic) bond motifs is 2. The summed E-state index contributed by atoms with van der Waals surface area (Å²) in [6.07, 6.45) is 6.64. The molecule has 0 aliphatic carbocycles. The molecule has 0 saturated carbocycles. The molecule has 0 saturated heterocycles. The van der Waals surface area contributed by atoms with Crippen LogP contribution >= 0.6 is 0 Å². The highest BCUT2D eigenvalue weighted by atomic mass is 16.2. The number of hydrogen-bond acceptors (Lipinski definition) is 3. The van der Waals surface area contributed by atoms with E-state index in [1.807, 2.05) is 47.4 Å². The van der Waals surface area contributed by atoms with Gasteiger partial charge in [-0.05, 0) is 30.2 Å². The van der Waals surface area contributed by atoms with Crippen molar-refractivity contribution >= 4 is 17.3 Å². The van der Waals surface area contributed by atoms with Crippen molar-refractivity contribution < 1.29 is 9.59 Å². The lowest BCUT2D eigenvalue weighted by Gasteiger charge is -2.22. The molecule has 134 valence electrons. The summed E-state index contributed by atoms with van der Waals surface area (Å²) in [7, 11) is 0. The first-order chi connectivity index (χ1) is 13.2. The standard InChI is InChI=1S/C21H18N4O2/c26-20-16-11-14(7-8-15(16)12-22-20)18-5-4-6-19-17(13-23-25(18)19)21(27)24-9-2-1-3-10-24/h1-2,4-8,11,13H,3,9-10,12H2,(H,22,26). The topological polar surface area (TPSA) is 66.7 Å². The van der Waals surface area contributed by atoms with Gasteiger partial charge in [0.15, 0.2) is 0 Å². The van der Waals surface area contributed by atoms with E-state index >= 15 is 0 Å². The second-order valence-corrected chi connectivity index (χ2v) is 6.83. The summed E-state index contributed by atoms with van der Waals surface area (Å²) in [6, 6.07) is 11.6. The van der Waals surface area contributed by atoms with Crippen LogP contribution in [0.15, 0.2) is 54.7 Å². The van der Waals surface area contributed by atoms with E-state index in [0.29, 0.717) is 24.2 Å². The number of carbonyl (C=O) groups excluding carboxylic acids is 2. The number of amides is 2. The maximum Gasteiger partial charge on any atom is 0.257 e. The van der Waals surface area contributed by atoms with Gasteiger partial charge in [0.1, 0.15) is 0 Å². The van der Waals surface area contributed by atoms with Gasteiger partial charge in [0.2, 0.25) is 0 Å². The van der Waals surface area contributed by atoms with Crippen LogP contribution in [0.3, 0.4) is 0 Å². The molecule has 1 aromatic carbocycles. The summed E-state index contributed by atoms with van der Waals surface area (Å²) < 4.78 is 1.78. The number of carbonyl (C=O) groups is 2.